The predicted octanol–water partition coefficient (Wildman–Crippen LogP) is 2.19. The molecule has 1 amide bonds. The number of likely N-dealkylation sites (tertiary alicyclic amines) is 1. The number of carbonyl (C=O) groups is 1. The number of rotatable bonds is 4. The third kappa shape index (κ3) is 4.61. The fourth-order valence-corrected chi connectivity index (χ4v) is 6.06. The van der Waals surface area contributed by atoms with Gasteiger partial charge in [-0.25, -0.2) is 8.42 Å². The molecule has 0 unspecified atom stereocenters. The number of sulfonamides is 1. The molecular formula is C23H29N3O4S. The molecule has 2 heterocycles. The van der Waals surface area contributed by atoms with Gasteiger partial charge in [0.2, 0.25) is 15.9 Å². The Kier molecular flexibility index (Phi) is 6.31. The summed E-state index contributed by atoms with van der Waals surface area (Å²) in [4.78, 5) is 16.1. The van der Waals surface area contributed by atoms with Crippen molar-refractivity contribution in [1.29, 1.82) is 0 Å². The summed E-state index contributed by atoms with van der Waals surface area (Å²) in [6.07, 6.45) is 0.980. The van der Waals surface area contributed by atoms with Crippen LogP contribution in [0.1, 0.15) is 18.4 Å². The minimum Gasteiger partial charge on any atom is -0.487 e. The van der Waals surface area contributed by atoms with Gasteiger partial charge in [0.25, 0.3) is 0 Å². The number of benzene rings is 2. The third-order valence-corrected chi connectivity index (χ3v) is 7.93. The van der Waals surface area contributed by atoms with Crippen molar-refractivity contribution in [2.24, 2.45) is 0 Å². The van der Waals surface area contributed by atoms with Crippen LogP contribution in [0.15, 0.2) is 59.5 Å². The van der Waals surface area contributed by atoms with Gasteiger partial charge in [-0.1, -0.05) is 42.5 Å². The van der Waals surface area contributed by atoms with Gasteiger partial charge >= 0.3 is 0 Å². The first kappa shape index (κ1) is 21.8. The van der Waals surface area contributed by atoms with Gasteiger partial charge in [-0.3, -0.25) is 9.69 Å². The van der Waals surface area contributed by atoms with Crippen LogP contribution in [0.4, 0.5) is 0 Å². The maximum atomic E-state index is 13.7. The molecule has 0 saturated carbocycles. The van der Waals surface area contributed by atoms with Crippen LogP contribution in [0.2, 0.25) is 0 Å². The fourth-order valence-electron chi connectivity index (χ4n) is 4.27. The van der Waals surface area contributed by atoms with Crippen molar-refractivity contribution in [2.75, 3.05) is 33.7 Å². The Balaban J connectivity index is 1.68. The number of ether oxygens (including phenoxy) is 1. The Morgan fingerprint density at radius 3 is 2.45 bits per heavy atom. The first-order valence-electron chi connectivity index (χ1n) is 10.6. The highest BCUT2D eigenvalue weighted by atomic mass is 32.2. The minimum atomic E-state index is -3.74. The first-order chi connectivity index (χ1) is 14.9. The summed E-state index contributed by atoms with van der Waals surface area (Å²) in [5, 5.41) is 0. The molecule has 2 aliphatic rings. The highest BCUT2D eigenvalue weighted by Gasteiger charge is 2.43. The van der Waals surface area contributed by atoms with Crippen LogP contribution >= 0.6 is 0 Å². The molecule has 0 spiro atoms. The fraction of sp³-hybridized carbons (Fsp3) is 0.435. The van der Waals surface area contributed by atoms with Gasteiger partial charge in [0.15, 0.2) is 0 Å². The lowest BCUT2D eigenvalue weighted by atomic mass is 10.1. The molecular weight excluding hydrogens is 414 g/mol. The zero-order valence-corrected chi connectivity index (χ0v) is 18.8. The molecule has 0 N–H and O–H groups in total. The molecule has 0 aliphatic carbocycles. The van der Waals surface area contributed by atoms with Crippen LogP contribution in [-0.2, 0) is 21.4 Å². The maximum absolute atomic E-state index is 13.7. The zero-order valence-electron chi connectivity index (χ0n) is 18.0. The molecule has 4 rings (SSSR count). The molecule has 166 valence electrons. The Hall–Kier alpha value is -2.42. The standard InChI is InChI=1S/C23H29N3O4S/c1-24(2)23(27)17-25-14-12-19-20(13-15-25)30-21-10-6-7-11-22(21)31(28,29)26(19)16-18-8-4-3-5-9-18/h3-11,19-20H,12-17H2,1-2H3/t19-,20-/m1/s1. The Morgan fingerprint density at radius 2 is 1.71 bits per heavy atom. The summed E-state index contributed by atoms with van der Waals surface area (Å²) >= 11 is 0. The van der Waals surface area contributed by atoms with E-state index in [1.54, 1.807) is 47.6 Å². The van der Waals surface area contributed by atoms with E-state index in [0.717, 1.165) is 5.56 Å². The second kappa shape index (κ2) is 8.98. The number of nitrogens with zero attached hydrogens (tertiary/aromatic N) is 3. The van der Waals surface area contributed by atoms with Crippen molar-refractivity contribution in [3.8, 4) is 5.75 Å². The third-order valence-electron chi connectivity index (χ3n) is 6.02. The van der Waals surface area contributed by atoms with Crippen molar-refractivity contribution >= 4 is 15.9 Å². The lowest BCUT2D eigenvalue weighted by Crippen LogP contribution is -2.46. The molecule has 2 aliphatic heterocycles. The van der Waals surface area contributed by atoms with Crippen molar-refractivity contribution in [2.45, 2.75) is 36.4 Å². The zero-order chi connectivity index (χ0) is 22.0. The largest absolute Gasteiger partial charge is 0.487 e. The van der Waals surface area contributed by atoms with E-state index in [-0.39, 0.29) is 22.9 Å². The second-order valence-corrected chi connectivity index (χ2v) is 10.2. The van der Waals surface area contributed by atoms with Gasteiger partial charge in [-0.15, -0.1) is 0 Å². The van der Waals surface area contributed by atoms with E-state index in [1.165, 1.54) is 0 Å². The molecule has 0 aromatic heterocycles. The number of fused-ring (bicyclic) bond motifs is 2. The van der Waals surface area contributed by atoms with E-state index < -0.39 is 10.0 Å². The average molecular weight is 444 g/mol. The van der Waals surface area contributed by atoms with Crippen LogP contribution in [0.3, 0.4) is 0 Å². The van der Waals surface area contributed by atoms with E-state index >= 15 is 0 Å². The number of para-hydroxylation sites is 1. The second-order valence-electron chi connectivity index (χ2n) is 8.35. The molecule has 0 radical (unpaired) electrons. The lowest BCUT2D eigenvalue weighted by molar-refractivity contribution is -0.129. The number of amides is 1. The summed E-state index contributed by atoms with van der Waals surface area (Å²) in [6, 6.07) is 16.2. The maximum Gasteiger partial charge on any atom is 0.247 e. The quantitative estimate of drug-likeness (QED) is 0.725. The smallest absolute Gasteiger partial charge is 0.247 e. The Labute approximate surface area is 184 Å². The molecule has 1 fully saturated rings. The van der Waals surface area contributed by atoms with Gasteiger partial charge in [-0.2, -0.15) is 4.31 Å². The van der Waals surface area contributed by atoms with Crippen LogP contribution in [-0.4, -0.2) is 74.3 Å². The number of carbonyl (C=O) groups excluding carboxylic acids is 1. The van der Waals surface area contributed by atoms with E-state index in [1.807, 2.05) is 30.3 Å². The van der Waals surface area contributed by atoms with Crippen molar-refractivity contribution in [1.82, 2.24) is 14.1 Å². The van der Waals surface area contributed by atoms with E-state index in [0.29, 0.717) is 44.8 Å². The summed E-state index contributed by atoms with van der Waals surface area (Å²) in [5.74, 6) is 0.452. The molecule has 8 heteroatoms. The van der Waals surface area contributed by atoms with Crippen molar-refractivity contribution in [3.05, 3.63) is 60.2 Å². The molecule has 31 heavy (non-hydrogen) atoms. The summed E-state index contributed by atoms with van der Waals surface area (Å²) < 4.78 is 35.3. The predicted molar refractivity (Wildman–Crippen MR) is 118 cm³/mol. The first-order valence-corrected chi connectivity index (χ1v) is 12.0. The van der Waals surface area contributed by atoms with Gasteiger partial charge in [0.1, 0.15) is 16.7 Å². The van der Waals surface area contributed by atoms with Crippen LogP contribution in [0.5, 0.6) is 5.75 Å². The highest BCUT2D eigenvalue weighted by Crippen LogP contribution is 2.37. The monoisotopic (exact) mass is 443 g/mol. The SMILES string of the molecule is CN(C)C(=O)CN1CC[C@@H]2[C@@H](CC1)Oc1ccccc1S(=O)(=O)N2Cc1ccccc1. The summed E-state index contributed by atoms with van der Waals surface area (Å²) in [5.41, 5.74) is 0.938. The van der Waals surface area contributed by atoms with Crippen molar-refractivity contribution in [3.63, 3.8) is 0 Å². The average Bonchev–Trinajstić information content (AvgIpc) is 2.99. The molecule has 2 aromatic rings. The topological polar surface area (TPSA) is 70.2 Å². The van der Waals surface area contributed by atoms with Crippen LogP contribution in [0, 0.1) is 0 Å². The highest BCUT2D eigenvalue weighted by molar-refractivity contribution is 7.89. The number of hydrogen-bond acceptors (Lipinski definition) is 5. The molecule has 7 nitrogen and oxygen atoms in total. The normalized spacial score (nSPS) is 23.5. The summed E-state index contributed by atoms with van der Waals surface area (Å²) in [7, 11) is -0.247. The number of hydrogen-bond donors (Lipinski definition) is 0. The van der Waals surface area contributed by atoms with Gasteiger partial charge in [-0.05, 0) is 30.5 Å². The van der Waals surface area contributed by atoms with Gasteiger partial charge in [0, 0.05) is 33.7 Å². The minimum absolute atomic E-state index is 0.0436. The molecule has 2 atom stereocenters. The Morgan fingerprint density at radius 1 is 1.03 bits per heavy atom. The van der Waals surface area contributed by atoms with Gasteiger partial charge in [0.05, 0.1) is 12.6 Å². The number of likely N-dealkylation sites (N-methyl/N-ethyl adjacent to an activating group) is 1. The van der Waals surface area contributed by atoms with E-state index in [2.05, 4.69) is 4.90 Å². The summed E-state index contributed by atoms with van der Waals surface area (Å²) in [6.45, 7) is 1.94. The van der Waals surface area contributed by atoms with E-state index in [9.17, 15) is 13.2 Å². The molecule has 2 aromatic carbocycles. The van der Waals surface area contributed by atoms with Gasteiger partial charge < -0.3 is 9.64 Å². The van der Waals surface area contributed by atoms with Crippen LogP contribution < -0.4 is 4.74 Å². The molecule has 1 saturated heterocycles. The molecule has 0 bridgehead atoms. The van der Waals surface area contributed by atoms with Crippen LogP contribution in [0.25, 0.3) is 0 Å². The Bertz CT molecular complexity index is 1030. The lowest BCUT2D eigenvalue weighted by Gasteiger charge is -2.32. The van der Waals surface area contributed by atoms with Crippen molar-refractivity contribution < 1.29 is 17.9 Å². The van der Waals surface area contributed by atoms with E-state index in [4.69, 9.17) is 4.74 Å².